The van der Waals surface area contributed by atoms with Gasteiger partial charge in [-0.25, -0.2) is 0 Å². The number of fused-ring (bicyclic) bond motifs is 1. The van der Waals surface area contributed by atoms with Crippen molar-refractivity contribution < 1.29 is 0 Å². The third-order valence-corrected chi connectivity index (χ3v) is 6.47. The van der Waals surface area contributed by atoms with E-state index in [4.69, 9.17) is 0 Å². The van der Waals surface area contributed by atoms with Gasteiger partial charge in [0.2, 0.25) is 0 Å². The van der Waals surface area contributed by atoms with Gasteiger partial charge in [-0.2, -0.15) is 0 Å². The maximum atomic E-state index is 2.55. The SMILES string of the molecule is CC(C)CC1CC(C)C2C(C)CC(C(C)(C)C)CC2C1. The highest BCUT2D eigenvalue weighted by molar-refractivity contribution is 4.94. The van der Waals surface area contributed by atoms with Gasteiger partial charge >= 0.3 is 0 Å². The molecule has 2 aliphatic rings. The van der Waals surface area contributed by atoms with Crippen LogP contribution < -0.4 is 0 Å². The molecule has 2 rings (SSSR count). The summed E-state index contributed by atoms with van der Waals surface area (Å²) < 4.78 is 0. The third kappa shape index (κ3) is 3.60. The molecule has 2 aliphatic carbocycles. The van der Waals surface area contributed by atoms with Crippen LogP contribution in [0.15, 0.2) is 0 Å². The van der Waals surface area contributed by atoms with E-state index in [-0.39, 0.29) is 0 Å². The Morgan fingerprint density at radius 2 is 1.50 bits per heavy atom. The van der Waals surface area contributed by atoms with Gasteiger partial charge in [0.1, 0.15) is 0 Å². The van der Waals surface area contributed by atoms with Crippen LogP contribution in [-0.2, 0) is 0 Å². The summed E-state index contributed by atoms with van der Waals surface area (Å²) in [7, 11) is 0. The fourth-order valence-electron chi connectivity index (χ4n) is 5.74. The third-order valence-electron chi connectivity index (χ3n) is 6.47. The quantitative estimate of drug-likeness (QED) is 0.548. The van der Waals surface area contributed by atoms with Crippen LogP contribution in [0.25, 0.3) is 0 Å². The summed E-state index contributed by atoms with van der Waals surface area (Å²) in [4.78, 5) is 0. The van der Waals surface area contributed by atoms with Gasteiger partial charge in [-0.05, 0) is 78.9 Å². The predicted octanol–water partition coefficient (Wildman–Crippen LogP) is 6.40. The van der Waals surface area contributed by atoms with Crippen molar-refractivity contribution in [3.8, 4) is 0 Å². The Hall–Kier alpha value is 0. The zero-order chi connectivity index (χ0) is 15.1. The summed E-state index contributed by atoms with van der Waals surface area (Å²) in [6.07, 6.45) is 7.48. The van der Waals surface area contributed by atoms with Gasteiger partial charge in [0.15, 0.2) is 0 Å². The lowest BCUT2D eigenvalue weighted by atomic mass is 9.54. The summed E-state index contributed by atoms with van der Waals surface area (Å²) in [5.41, 5.74) is 0.507. The van der Waals surface area contributed by atoms with Gasteiger partial charge in [0, 0.05) is 0 Å². The largest absolute Gasteiger partial charge is 0.0628 e. The van der Waals surface area contributed by atoms with Gasteiger partial charge in [0.25, 0.3) is 0 Å². The molecule has 2 saturated carbocycles. The molecule has 2 fully saturated rings. The second-order valence-corrected chi connectivity index (χ2v) is 9.79. The number of hydrogen-bond donors (Lipinski definition) is 0. The summed E-state index contributed by atoms with van der Waals surface area (Å²) >= 11 is 0. The Morgan fingerprint density at radius 3 is 2.05 bits per heavy atom. The van der Waals surface area contributed by atoms with Crippen LogP contribution in [0.4, 0.5) is 0 Å². The molecule has 0 N–H and O–H groups in total. The van der Waals surface area contributed by atoms with Crippen molar-refractivity contribution in [1.29, 1.82) is 0 Å². The predicted molar refractivity (Wildman–Crippen MR) is 89.7 cm³/mol. The highest BCUT2D eigenvalue weighted by Crippen LogP contribution is 2.54. The Labute approximate surface area is 128 Å². The van der Waals surface area contributed by atoms with Crippen molar-refractivity contribution in [1.82, 2.24) is 0 Å². The molecule has 0 heterocycles. The monoisotopic (exact) mass is 278 g/mol. The first-order chi connectivity index (χ1) is 9.18. The van der Waals surface area contributed by atoms with Crippen LogP contribution in [0, 0.1) is 46.8 Å². The van der Waals surface area contributed by atoms with Crippen molar-refractivity contribution >= 4 is 0 Å². The van der Waals surface area contributed by atoms with Crippen LogP contribution in [-0.4, -0.2) is 0 Å². The maximum Gasteiger partial charge on any atom is -0.0334 e. The minimum atomic E-state index is 0.507. The van der Waals surface area contributed by atoms with E-state index in [0.717, 1.165) is 41.4 Å². The Morgan fingerprint density at radius 1 is 0.900 bits per heavy atom. The van der Waals surface area contributed by atoms with Gasteiger partial charge in [0.05, 0.1) is 0 Å². The Balaban J connectivity index is 2.08. The van der Waals surface area contributed by atoms with Crippen LogP contribution in [0.3, 0.4) is 0 Å². The molecular weight excluding hydrogens is 240 g/mol. The van der Waals surface area contributed by atoms with Crippen molar-refractivity contribution in [2.24, 2.45) is 46.8 Å². The lowest BCUT2D eigenvalue weighted by Crippen LogP contribution is -2.43. The lowest BCUT2D eigenvalue weighted by molar-refractivity contribution is -0.0193. The smallest absolute Gasteiger partial charge is 0.0334 e. The molecule has 6 unspecified atom stereocenters. The van der Waals surface area contributed by atoms with E-state index in [1.54, 1.807) is 0 Å². The molecule has 0 amide bonds. The number of hydrogen-bond acceptors (Lipinski definition) is 0. The Bertz CT molecular complexity index is 308. The first-order valence-electron chi connectivity index (χ1n) is 9.18. The average Bonchev–Trinajstić information content (AvgIpc) is 2.25. The molecule has 0 bridgehead atoms. The van der Waals surface area contributed by atoms with Gasteiger partial charge in [-0.1, -0.05) is 48.5 Å². The van der Waals surface area contributed by atoms with Gasteiger partial charge in [-0.3, -0.25) is 0 Å². The highest BCUT2D eigenvalue weighted by Gasteiger charge is 2.45. The summed E-state index contributed by atoms with van der Waals surface area (Å²) in [6.45, 7) is 17.3. The molecule has 118 valence electrons. The molecule has 0 aromatic rings. The van der Waals surface area contributed by atoms with E-state index in [0.29, 0.717) is 5.41 Å². The fraction of sp³-hybridized carbons (Fsp3) is 1.00. The first kappa shape index (κ1) is 16.4. The molecule has 0 nitrogen and oxygen atoms in total. The topological polar surface area (TPSA) is 0 Å². The van der Waals surface area contributed by atoms with Crippen LogP contribution in [0.1, 0.15) is 80.6 Å². The summed E-state index contributed by atoms with van der Waals surface area (Å²) in [6, 6.07) is 0. The zero-order valence-electron chi connectivity index (χ0n) is 15.1. The summed E-state index contributed by atoms with van der Waals surface area (Å²) in [5.74, 6) is 6.80. The Kier molecular flexibility index (Phi) is 4.92. The van der Waals surface area contributed by atoms with Crippen LogP contribution in [0.2, 0.25) is 0 Å². The van der Waals surface area contributed by atoms with E-state index in [1.807, 2.05) is 0 Å². The minimum absolute atomic E-state index is 0.507. The second-order valence-electron chi connectivity index (χ2n) is 9.79. The molecule has 0 heteroatoms. The van der Waals surface area contributed by atoms with Crippen molar-refractivity contribution in [2.75, 3.05) is 0 Å². The van der Waals surface area contributed by atoms with Crippen molar-refractivity contribution in [3.05, 3.63) is 0 Å². The van der Waals surface area contributed by atoms with Crippen molar-refractivity contribution in [3.63, 3.8) is 0 Å². The molecular formula is C20H38. The van der Waals surface area contributed by atoms with Crippen LogP contribution >= 0.6 is 0 Å². The van der Waals surface area contributed by atoms with E-state index < -0.39 is 0 Å². The molecule has 0 aromatic carbocycles. The first-order valence-corrected chi connectivity index (χ1v) is 9.18. The van der Waals surface area contributed by atoms with E-state index in [1.165, 1.54) is 32.1 Å². The van der Waals surface area contributed by atoms with E-state index >= 15 is 0 Å². The van der Waals surface area contributed by atoms with Crippen molar-refractivity contribution in [2.45, 2.75) is 80.6 Å². The van der Waals surface area contributed by atoms with E-state index in [2.05, 4.69) is 48.5 Å². The standard InChI is InChI=1S/C20H38/c1-13(2)8-16-9-14(3)19-15(4)10-18(20(5,6)7)12-17(19)11-16/h13-19H,8-12H2,1-7H3. The molecule has 0 aromatic heterocycles. The molecule has 20 heavy (non-hydrogen) atoms. The minimum Gasteiger partial charge on any atom is -0.0628 e. The highest BCUT2D eigenvalue weighted by atomic mass is 14.5. The zero-order valence-corrected chi connectivity index (χ0v) is 15.1. The lowest BCUT2D eigenvalue weighted by Gasteiger charge is -2.52. The molecule has 0 saturated heterocycles. The normalized spacial score (nSPS) is 42.6. The molecule has 0 aliphatic heterocycles. The average molecular weight is 279 g/mol. The molecule has 0 spiro atoms. The fourth-order valence-corrected chi connectivity index (χ4v) is 5.74. The number of rotatable bonds is 2. The van der Waals surface area contributed by atoms with Crippen LogP contribution in [0.5, 0.6) is 0 Å². The van der Waals surface area contributed by atoms with Gasteiger partial charge < -0.3 is 0 Å². The summed E-state index contributed by atoms with van der Waals surface area (Å²) in [5, 5.41) is 0. The van der Waals surface area contributed by atoms with E-state index in [9.17, 15) is 0 Å². The maximum absolute atomic E-state index is 2.55. The molecule has 6 atom stereocenters. The van der Waals surface area contributed by atoms with Gasteiger partial charge in [-0.15, -0.1) is 0 Å². The molecule has 0 radical (unpaired) electrons. The second kappa shape index (κ2) is 6.01.